The molecule has 118 valence electrons. The number of carbonyl (C=O) groups is 1. The number of halogens is 1. The fourth-order valence-electron chi connectivity index (χ4n) is 2.15. The zero-order chi connectivity index (χ0) is 15.9. The third-order valence-electron chi connectivity index (χ3n) is 3.42. The molecule has 0 unspecified atom stereocenters. The van der Waals surface area contributed by atoms with Crippen molar-refractivity contribution < 1.29 is 9.18 Å². The molecule has 1 N–H and O–H groups in total. The quantitative estimate of drug-likeness (QED) is 0.890. The zero-order valence-corrected chi connectivity index (χ0v) is 12.9. The van der Waals surface area contributed by atoms with E-state index in [0.29, 0.717) is 25.1 Å². The van der Waals surface area contributed by atoms with Crippen molar-refractivity contribution in [3.63, 3.8) is 0 Å². The summed E-state index contributed by atoms with van der Waals surface area (Å²) < 4.78 is 15.4. The van der Waals surface area contributed by atoms with Crippen molar-refractivity contribution >= 4 is 6.03 Å². The molecule has 1 aromatic carbocycles. The Hall–Kier alpha value is -2.37. The van der Waals surface area contributed by atoms with Crippen LogP contribution in [-0.2, 0) is 13.0 Å². The average Bonchev–Trinajstić information content (AvgIpc) is 3.00. The van der Waals surface area contributed by atoms with Gasteiger partial charge in [0.25, 0.3) is 0 Å². The maximum atomic E-state index is 13.6. The van der Waals surface area contributed by atoms with Crippen LogP contribution in [0.2, 0.25) is 0 Å². The summed E-state index contributed by atoms with van der Waals surface area (Å²) in [6, 6.07) is 8.15. The first kappa shape index (κ1) is 16.0. The van der Waals surface area contributed by atoms with Gasteiger partial charge in [0.1, 0.15) is 5.82 Å². The molecule has 0 radical (unpaired) electrons. The van der Waals surface area contributed by atoms with Gasteiger partial charge in [-0.05, 0) is 31.0 Å². The molecule has 5 nitrogen and oxygen atoms in total. The number of nitrogens with one attached hydrogen (secondary N) is 1. The van der Waals surface area contributed by atoms with Crippen molar-refractivity contribution in [3.8, 4) is 0 Å². The van der Waals surface area contributed by atoms with E-state index >= 15 is 0 Å². The van der Waals surface area contributed by atoms with Crippen LogP contribution in [0.5, 0.6) is 0 Å². The Morgan fingerprint density at radius 1 is 1.41 bits per heavy atom. The molecule has 2 rings (SSSR count). The van der Waals surface area contributed by atoms with Crippen molar-refractivity contribution in [2.24, 2.45) is 0 Å². The molecule has 1 heterocycles. The lowest BCUT2D eigenvalue weighted by Crippen LogP contribution is -2.43. The molecule has 0 saturated carbocycles. The molecule has 2 aromatic rings. The normalized spacial score (nSPS) is 12.0. The number of hydrogen-bond acceptors (Lipinski definition) is 2. The lowest BCUT2D eigenvalue weighted by molar-refractivity contribution is 0.203. The second-order valence-corrected chi connectivity index (χ2v) is 5.34. The van der Waals surface area contributed by atoms with Gasteiger partial charge in [-0.15, -0.1) is 0 Å². The van der Waals surface area contributed by atoms with Gasteiger partial charge in [0.2, 0.25) is 0 Å². The highest BCUT2D eigenvalue weighted by Crippen LogP contribution is 2.09. The predicted molar refractivity (Wildman–Crippen MR) is 83.0 cm³/mol. The zero-order valence-electron chi connectivity index (χ0n) is 12.9. The smallest absolute Gasteiger partial charge is 0.317 e. The highest BCUT2D eigenvalue weighted by atomic mass is 19.1. The molecular formula is C16H21FN4O. The fourth-order valence-corrected chi connectivity index (χ4v) is 2.15. The molecule has 0 aliphatic carbocycles. The van der Waals surface area contributed by atoms with E-state index in [1.54, 1.807) is 41.0 Å². The number of benzene rings is 1. The van der Waals surface area contributed by atoms with Crippen LogP contribution < -0.4 is 5.32 Å². The van der Waals surface area contributed by atoms with E-state index in [-0.39, 0.29) is 17.9 Å². The van der Waals surface area contributed by atoms with Crippen LogP contribution in [0.15, 0.2) is 42.7 Å². The first-order valence-electron chi connectivity index (χ1n) is 7.28. The van der Waals surface area contributed by atoms with Gasteiger partial charge in [-0.1, -0.05) is 18.2 Å². The van der Waals surface area contributed by atoms with Crippen LogP contribution in [0.1, 0.15) is 12.5 Å². The first-order valence-corrected chi connectivity index (χ1v) is 7.28. The summed E-state index contributed by atoms with van der Waals surface area (Å²) in [5, 5.41) is 6.97. The highest BCUT2D eigenvalue weighted by molar-refractivity contribution is 5.74. The number of aromatic nitrogens is 2. The van der Waals surface area contributed by atoms with Crippen LogP contribution in [0.4, 0.5) is 9.18 Å². The molecule has 0 fully saturated rings. The van der Waals surface area contributed by atoms with Gasteiger partial charge in [0.05, 0.1) is 6.54 Å². The van der Waals surface area contributed by atoms with E-state index in [4.69, 9.17) is 0 Å². The van der Waals surface area contributed by atoms with Crippen molar-refractivity contribution in [2.45, 2.75) is 25.9 Å². The lowest BCUT2D eigenvalue weighted by atomic mass is 10.1. The van der Waals surface area contributed by atoms with Gasteiger partial charge >= 0.3 is 6.03 Å². The first-order chi connectivity index (χ1) is 10.6. The molecule has 2 amide bonds. The van der Waals surface area contributed by atoms with Crippen molar-refractivity contribution in [3.05, 3.63) is 54.1 Å². The van der Waals surface area contributed by atoms with Crippen molar-refractivity contribution in [1.82, 2.24) is 20.0 Å². The molecule has 0 spiro atoms. The Morgan fingerprint density at radius 3 is 2.86 bits per heavy atom. The van der Waals surface area contributed by atoms with Crippen LogP contribution in [-0.4, -0.2) is 40.3 Å². The number of urea groups is 1. The number of likely N-dealkylation sites (N-methyl/N-ethyl adjacent to an activating group) is 1. The summed E-state index contributed by atoms with van der Waals surface area (Å²) in [5.41, 5.74) is 0.606. The van der Waals surface area contributed by atoms with Crippen LogP contribution in [0.3, 0.4) is 0 Å². The fraction of sp³-hybridized carbons (Fsp3) is 0.375. The van der Waals surface area contributed by atoms with E-state index in [0.717, 1.165) is 0 Å². The summed E-state index contributed by atoms with van der Waals surface area (Å²) in [5.74, 6) is -0.240. The molecule has 1 aromatic heterocycles. The van der Waals surface area contributed by atoms with E-state index in [2.05, 4.69) is 10.4 Å². The molecule has 22 heavy (non-hydrogen) atoms. The number of amides is 2. The molecule has 0 bridgehead atoms. The summed E-state index contributed by atoms with van der Waals surface area (Å²) in [6.45, 7) is 3.06. The molecule has 1 atom stereocenters. The maximum absolute atomic E-state index is 13.6. The monoisotopic (exact) mass is 304 g/mol. The van der Waals surface area contributed by atoms with Crippen molar-refractivity contribution in [1.29, 1.82) is 0 Å². The average molecular weight is 304 g/mol. The predicted octanol–water partition coefficient (Wildman–Crippen LogP) is 2.29. The Labute approximate surface area is 129 Å². The Kier molecular flexibility index (Phi) is 5.52. The maximum Gasteiger partial charge on any atom is 0.317 e. The molecule has 0 saturated heterocycles. The Morgan fingerprint density at radius 2 is 2.18 bits per heavy atom. The second-order valence-electron chi connectivity index (χ2n) is 5.34. The summed E-state index contributed by atoms with van der Waals surface area (Å²) in [4.78, 5) is 13.7. The van der Waals surface area contributed by atoms with E-state index in [1.165, 1.54) is 6.07 Å². The van der Waals surface area contributed by atoms with Gasteiger partial charge in [0, 0.05) is 32.0 Å². The highest BCUT2D eigenvalue weighted by Gasteiger charge is 2.13. The van der Waals surface area contributed by atoms with E-state index < -0.39 is 0 Å². The molecule has 0 aliphatic heterocycles. The van der Waals surface area contributed by atoms with Crippen molar-refractivity contribution in [2.75, 3.05) is 13.6 Å². The Balaban J connectivity index is 1.79. The van der Waals surface area contributed by atoms with Gasteiger partial charge < -0.3 is 10.2 Å². The van der Waals surface area contributed by atoms with Crippen LogP contribution in [0.25, 0.3) is 0 Å². The summed E-state index contributed by atoms with van der Waals surface area (Å²) >= 11 is 0. The number of nitrogens with zero attached hydrogens (tertiary/aromatic N) is 3. The number of rotatable bonds is 6. The number of hydrogen-bond donors (Lipinski definition) is 1. The van der Waals surface area contributed by atoms with Gasteiger partial charge in [-0.3, -0.25) is 4.68 Å². The third-order valence-corrected chi connectivity index (χ3v) is 3.42. The minimum Gasteiger partial charge on any atom is -0.335 e. The van der Waals surface area contributed by atoms with Crippen LogP contribution >= 0.6 is 0 Å². The van der Waals surface area contributed by atoms with Gasteiger partial charge in [0.15, 0.2) is 0 Å². The minimum atomic E-state index is -0.240. The van der Waals surface area contributed by atoms with Gasteiger partial charge in [-0.2, -0.15) is 5.10 Å². The summed E-state index contributed by atoms with van der Waals surface area (Å²) in [7, 11) is 1.73. The third kappa shape index (κ3) is 4.58. The number of carbonyl (C=O) groups excluding carboxylic acids is 1. The van der Waals surface area contributed by atoms with Gasteiger partial charge in [-0.25, -0.2) is 9.18 Å². The topological polar surface area (TPSA) is 50.2 Å². The Bertz CT molecular complexity index is 600. The second kappa shape index (κ2) is 7.59. The molecular weight excluding hydrogens is 283 g/mol. The van der Waals surface area contributed by atoms with Crippen LogP contribution in [0, 0.1) is 5.82 Å². The van der Waals surface area contributed by atoms with E-state index in [9.17, 15) is 9.18 Å². The standard InChI is InChI=1S/C16H21FN4O/c1-13(12-14-6-3-4-7-15(14)17)19-16(22)20(2)10-11-21-9-5-8-18-21/h3-9,13H,10-12H2,1-2H3,(H,19,22)/t13-/m1/s1. The SMILES string of the molecule is C[C@H](Cc1ccccc1F)NC(=O)N(C)CCn1cccn1. The minimum absolute atomic E-state index is 0.142. The largest absolute Gasteiger partial charge is 0.335 e. The molecule has 6 heteroatoms. The molecule has 0 aliphatic rings. The lowest BCUT2D eigenvalue weighted by Gasteiger charge is -2.21. The summed E-state index contributed by atoms with van der Waals surface area (Å²) in [6.07, 6.45) is 4.02. The van der Waals surface area contributed by atoms with E-state index in [1.807, 2.05) is 19.2 Å².